The van der Waals surface area contributed by atoms with E-state index in [9.17, 15) is 19.2 Å². The van der Waals surface area contributed by atoms with E-state index in [1.165, 1.54) is 17.2 Å². The number of fused-ring (bicyclic) bond motifs is 1. The van der Waals surface area contributed by atoms with E-state index < -0.39 is 23.0 Å². The Morgan fingerprint density at radius 2 is 1.42 bits per heavy atom. The molecule has 50 heavy (non-hydrogen) atoms. The Morgan fingerprint density at radius 1 is 0.800 bits per heavy atom. The van der Waals surface area contributed by atoms with Crippen LogP contribution in [-0.4, -0.2) is 64.5 Å². The molecule has 12 nitrogen and oxygen atoms in total. The number of nitrogens with zero attached hydrogens (tertiary/aromatic N) is 3. The van der Waals surface area contributed by atoms with E-state index in [0.29, 0.717) is 17.9 Å². The maximum Gasteiger partial charge on any atom is 0.306 e. The Balaban J connectivity index is 1.48. The zero-order chi connectivity index (χ0) is 35.5. The fourth-order valence-corrected chi connectivity index (χ4v) is 5.77. The van der Waals surface area contributed by atoms with Gasteiger partial charge in [-0.15, -0.1) is 0 Å². The van der Waals surface area contributed by atoms with Gasteiger partial charge in [-0.3, -0.25) is 19.2 Å². The van der Waals surface area contributed by atoms with Crippen LogP contribution < -0.4 is 15.0 Å². The van der Waals surface area contributed by atoms with Crippen LogP contribution in [0.25, 0.3) is 11.2 Å². The molecule has 0 amide bonds. The first-order chi connectivity index (χ1) is 24.3. The molecule has 260 valence electrons. The van der Waals surface area contributed by atoms with Gasteiger partial charge in [0.1, 0.15) is 22.9 Å². The van der Waals surface area contributed by atoms with Crippen LogP contribution in [0.3, 0.4) is 0 Å². The topological polar surface area (TPSA) is 152 Å². The first kappa shape index (κ1) is 35.7. The summed E-state index contributed by atoms with van der Waals surface area (Å²) in [7, 11) is 3.20. The molecule has 0 aliphatic heterocycles. The van der Waals surface area contributed by atoms with E-state index in [-0.39, 0.29) is 61.8 Å². The lowest BCUT2D eigenvalue weighted by Crippen LogP contribution is -2.36. The van der Waals surface area contributed by atoms with Gasteiger partial charge in [0.15, 0.2) is 16.9 Å². The maximum atomic E-state index is 13.6. The van der Waals surface area contributed by atoms with Gasteiger partial charge in [-0.25, -0.2) is 9.97 Å². The molecule has 0 bridgehead atoms. The predicted octanol–water partition coefficient (Wildman–Crippen LogP) is 5.02. The Morgan fingerprint density at radius 3 is 2.02 bits per heavy atom. The SMILES string of the molecule is CCC(=O)CCC(=O)OC[C@H](COC(c1ccccc1)(c1ccc(OC)cc1)c1ccc(OC)cc1)CC(=O)Cn1cnc2c(=O)[nH]cnc21. The highest BCUT2D eigenvalue weighted by Gasteiger charge is 2.39. The molecule has 0 fully saturated rings. The lowest BCUT2D eigenvalue weighted by molar-refractivity contribution is -0.148. The first-order valence-electron chi connectivity index (χ1n) is 16.3. The number of ketones is 2. The second-order valence-electron chi connectivity index (χ2n) is 11.8. The lowest BCUT2D eigenvalue weighted by Gasteiger charge is -2.37. The number of methoxy groups -OCH3 is 2. The molecule has 0 saturated heterocycles. The normalized spacial score (nSPS) is 12.0. The second-order valence-corrected chi connectivity index (χ2v) is 11.8. The van der Waals surface area contributed by atoms with Crippen LogP contribution in [0.2, 0.25) is 0 Å². The van der Waals surface area contributed by atoms with Crippen molar-refractivity contribution in [2.24, 2.45) is 5.92 Å². The van der Waals surface area contributed by atoms with Crippen molar-refractivity contribution in [3.05, 3.63) is 119 Å². The largest absolute Gasteiger partial charge is 0.497 e. The fraction of sp³-hybridized carbons (Fsp3) is 0.316. The van der Waals surface area contributed by atoms with Gasteiger partial charge in [0, 0.05) is 25.2 Å². The number of hydrogen-bond donors (Lipinski definition) is 1. The van der Waals surface area contributed by atoms with Gasteiger partial charge in [-0.2, -0.15) is 0 Å². The summed E-state index contributed by atoms with van der Waals surface area (Å²) in [5.74, 6) is -0.0243. The van der Waals surface area contributed by atoms with Crippen molar-refractivity contribution in [1.29, 1.82) is 0 Å². The van der Waals surface area contributed by atoms with Gasteiger partial charge in [0.05, 0.1) is 53.1 Å². The third kappa shape index (κ3) is 8.32. The average Bonchev–Trinajstić information content (AvgIpc) is 3.57. The van der Waals surface area contributed by atoms with E-state index in [1.807, 2.05) is 78.9 Å². The Bertz CT molecular complexity index is 1910. The first-order valence-corrected chi connectivity index (χ1v) is 16.3. The van der Waals surface area contributed by atoms with Gasteiger partial charge in [-0.1, -0.05) is 61.5 Å². The van der Waals surface area contributed by atoms with Crippen LogP contribution in [0, 0.1) is 5.92 Å². The molecule has 2 aromatic heterocycles. The second kappa shape index (κ2) is 16.7. The fourth-order valence-electron chi connectivity index (χ4n) is 5.77. The van der Waals surface area contributed by atoms with Crippen LogP contribution in [0.5, 0.6) is 11.5 Å². The maximum absolute atomic E-state index is 13.6. The molecule has 1 N–H and O–H groups in total. The van der Waals surface area contributed by atoms with Crippen molar-refractivity contribution in [2.45, 2.75) is 44.8 Å². The molecular formula is C38H40N4O8. The van der Waals surface area contributed by atoms with Gasteiger partial charge < -0.3 is 28.5 Å². The van der Waals surface area contributed by atoms with Crippen molar-refractivity contribution in [3.63, 3.8) is 0 Å². The van der Waals surface area contributed by atoms with Crippen molar-refractivity contribution < 1.29 is 33.3 Å². The van der Waals surface area contributed by atoms with Gasteiger partial charge >= 0.3 is 5.97 Å². The molecule has 1 atom stereocenters. The van der Waals surface area contributed by atoms with E-state index in [0.717, 1.165) is 16.7 Å². The molecule has 0 aliphatic rings. The van der Waals surface area contributed by atoms with Crippen molar-refractivity contribution >= 4 is 28.7 Å². The molecule has 5 rings (SSSR count). The number of carbonyl (C=O) groups is 3. The predicted molar refractivity (Wildman–Crippen MR) is 185 cm³/mol. The number of rotatable bonds is 18. The summed E-state index contributed by atoms with van der Waals surface area (Å²) in [6, 6.07) is 24.9. The Kier molecular flexibility index (Phi) is 11.9. The lowest BCUT2D eigenvalue weighted by atomic mass is 9.79. The summed E-state index contributed by atoms with van der Waals surface area (Å²) in [5.41, 5.74) is 1.27. The molecular weight excluding hydrogens is 640 g/mol. The highest BCUT2D eigenvalue weighted by atomic mass is 16.5. The van der Waals surface area contributed by atoms with Crippen LogP contribution in [0.4, 0.5) is 0 Å². The molecule has 0 unspecified atom stereocenters. The van der Waals surface area contributed by atoms with Crippen LogP contribution in [-0.2, 0) is 36.0 Å². The highest BCUT2D eigenvalue weighted by Crippen LogP contribution is 2.42. The zero-order valence-corrected chi connectivity index (χ0v) is 28.3. The molecule has 0 radical (unpaired) electrons. The summed E-state index contributed by atoms with van der Waals surface area (Å²) in [6.07, 6.45) is 2.99. The third-order valence-electron chi connectivity index (χ3n) is 8.46. The number of H-pyrrole nitrogens is 1. The number of imidazole rings is 1. The summed E-state index contributed by atoms with van der Waals surface area (Å²) in [6.45, 7) is 1.52. The molecule has 0 aliphatic carbocycles. The van der Waals surface area contributed by atoms with Crippen LogP contribution in [0.1, 0.15) is 49.3 Å². The number of hydrogen-bond acceptors (Lipinski definition) is 10. The number of nitrogens with one attached hydrogen (secondary N) is 1. The molecule has 0 spiro atoms. The quantitative estimate of drug-likeness (QED) is 0.0986. The Labute approximate surface area is 289 Å². The number of Topliss-reactive ketones (excluding diaryl/α,β-unsaturated/α-hetero) is 2. The monoisotopic (exact) mass is 680 g/mol. The summed E-state index contributed by atoms with van der Waals surface area (Å²) in [4.78, 5) is 61.1. The molecule has 2 heterocycles. The zero-order valence-electron chi connectivity index (χ0n) is 28.3. The standard InChI is InChI=1S/C38H40N4O8/c1-4-30(43)14-19-34(45)49-22-26(20-31(44)21-42-25-41-35-36(42)39-24-40-37(35)46)23-50-38(27-8-6-5-7-9-27,28-10-15-32(47-2)16-11-28)29-12-17-33(48-3)18-13-29/h5-13,15-18,24-26H,4,14,19-23H2,1-3H3,(H,39,40,46)/t26-/m1/s1. The smallest absolute Gasteiger partial charge is 0.306 e. The number of esters is 1. The molecule has 3 aromatic carbocycles. The minimum absolute atomic E-state index is 0.00244. The van der Waals surface area contributed by atoms with Gasteiger partial charge in [0.2, 0.25) is 0 Å². The number of aromatic amines is 1. The van der Waals surface area contributed by atoms with E-state index in [1.54, 1.807) is 21.1 Å². The minimum atomic E-state index is -1.16. The Hall–Kier alpha value is -5.62. The van der Waals surface area contributed by atoms with Gasteiger partial charge in [0.25, 0.3) is 5.56 Å². The van der Waals surface area contributed by atoms with Crippen molar-refractivity contribution in [2.75, 3.05) is 27.4 Å². The third-order valence-corrected chi connectivity index (χ3v) is 8.46. The summed E-state index contributed by atoms with van der Waals surface area (Å²) >= 11 is 0. The summed E-state index contributed by atoms with van der Waals surface area (Å²) < 4.78 is 25.0. The van der Waals surface area contributed by atoms with Crippen LogP contribution in [0.15, 0.2) is 96.3 Å². The molecule has 12 heteroatoms. The van der Waals surface area contributed by atoms with Crippen molar-refractivity contribution in [1.82, 2.24) is 19.5 Å². The number of ether oxygens (including phenoxy) is 4. The van der Waals surface area contributed by atoms with E-state index >= 15 is 0 Å². The molecule has 0 saturated carbocycles. The highest BCUT2D eigenvalue weighted by molar-refractivity contribution is 5.83. The summed E-state index contributed by atoms with van der Waals surface area (Å²) in [5, 5.41) is 0. The average molecular weight is 681 g/mol. The van der Waals surface area contributed by atoms with Crippen molar-refractivity contribution in [3.8, 4) is 11.5 Å². The van der Waals surface area contributed by atoms with E-state index in [4.69, 9.17) is 18.9 Å². The van der Waals surface area contributed by atoms with E-state index in [2.05, 4.69) is 15.0 Å². The number of carbonyl (C=O) groups excluding carboxylic acids is 3. The van der Waals surface area contributed by atoms with Gasteiger partial charge in [-0.05, 0) is 41.0 Å². The number of benzene rings is 3. The molecule has 5 aromatic rings. The minimum Gasteiger partial charge on any atom is -0.497 e. The van der Waals surface area contributed by atoms with Crippen LogP contribution >= 0.6 is 0 Å². The number of aromatic nitrogens is 4.